The van der Waals surface area contributed by atoms with E-state index in [2.05, 4.69) is 22.4 Å². The molecule has 2 aromatic carbocycles. The van der Waals surface area contributed by atoms with Crippen molar-refractivity contribution in [1.29, 1.82) is 0 Å². The third-order valence-corrected chi connectivity index (χ3v) is 5.89. The molecule has 4 rings (SSSR count). The van der Waals surface area contributed by atoms with Crippen LogP contribution in [0.2, 0.25) is 0 Å². The van der Waals surface area contributed by atoms with Crippen molar-refractivity contribution < 1.29 is 9.53 Å². The quantitative estimate of drug-likeness (QED) is 0.529. The van der Waals surface area contributed by atoms with E-state index in [9.17, 15) is 9.59 Å². The Morgan fingerprint density at radius 3 is 2.79 bits per heavy atom. The fourth-order valence-corrected chi connectivity index (χ4v) is 4.28. The molecule has 1 amide bonds. The second-order valence-corrected chi connectivity index (χ2v) is 7.94. The number of aromatic nitrogens is 2. The Morgan fingerprint density at radius 1 is 1.24 bits per heavy atom. The average Bonchev–Trinajstić information content (AvgIpc) is 3.11. The molecule has 0 bridgehead atoms. The van der Waals surface area contributed by atoms with E-state index >= 15 is 0 Å². The Kier molecular flexibility index (Phi) is 5.31. The lowest BCUT2D eigenvalue weighted by atomic mass is 10.1. The molecule has 2 heterocycles. The zero-order chi connectivity index (χ0) is 20.4. The third kappa shape index (κ3) is 3.86. The summed E-state index contributed by atoms with van der Waals surface area (Å²) in [6, 6.07) is 15.5. The maximum atomic E-state index is 13.0. The Labute approximate surface area is 171 Å². The minimum absolute atomic E-state index is 0.0459. The summed E-state index contributed by atoms with van der Waals surface area (Å²) in [6.07, 6.45) is 3.01. The van der Waals surface area contributed by atoms with Crippen LogP contribution in [-0.2, 0) is 6.42 Å². The molecule has 148 valence electrons. The number of methoxy groups -OCH3 is 1. The van der Waals surface area contributed by atoms with Crippen LogP contribution in [0.5, 0.6) is 5.75 Å². The van der Waals surface area contributed by atoms with Crippen LogP contribution in [-0.4, -0.2) is 28.4 Å². The minimum atomic E-state index is -0.398. The summed E-state index contributed by atoms with van der Waals surface area (Å²) < 4.78 is 7.61. The zero-order valence-electron chi connectivity index (χ0n) is 16.2. The van der Waals surface area contributed by atoms with Crippen molar-refractivity contribution in [2.24, 2.45) is 0 Å². The summed E-state index contributed by atoms with van der Waals surface area (Å²) >= 11 is 1.39. The van der Waals surface area contributed by atoms with Gasteiger partial charge in [0, 0.05) is 12.2 Å². The number of carbonyl (C=O) groups excluding carboxylic acids is 1. The molecule has 29 heavy (non-hydrogen) atoms. The number of fused-ring (bicyclic) bond motifs is 3. The molecule has 0 aliphatic heterocycles. The largest absolute Gasteiger partial charge is 0.497 e. The van der Waals surface area contributed by atoms with Crippen LogP contribution in [0.3, 0.4) is 0 Å². The third-order valence-electron chi connectivity index (χ3n) is 4.87. The van der Waals surface area contributed by atoms with Gasteiger partial charge in [0.2, 0.25) is 0 Å². The highest BCUT2D eigenvalue weighted by Gasteiger charge is 2.18. The number of carbonyl (C=O) groups is 1. The van der Waals surface area contributed by atoms with Gasteiger partial charge < -0.3 is 10.1 Å². The lowest BCUT2D eigenvalue weighted by Gasteiger charge is -2.13. The van der Waals surface area contributed by atoms with Gasteiger partial charge in [0.05, 0.1) is 17.3 Å². The molecule has 1 N–H and O–H groups in total. The number of benzene rings is 2. The molecule has 6 nitrogen and oxygen atoms in total. The lowest BCUT2D eigenvalue weighted by molar-refractivity contribution is 0.0936. The Hall–Kier alpha value is -3.19. The monoisotopic (exact) mass is 407 g/mol. The number of rotatable bonds is 6. The van der Waals surface area contributed by atoms with Crippen molar-refractivity contribution in [2.75, 3.05) is 7.11 Å². The highest BCUT2D eigenvalue weighted by molar-refractivity contribution is 7.23. The molecule has 2 aromatic heterocycles. The van der Waals surface area contributed by atoms with Crippen LogP contribution in [0.25, 0.3) is 15.2 Å². The fourth-order valence-electron chi connectivity index (χ4n) is 3.27. The normalized spacial score (nSPS) is 12.2. The highest BCUT2D eigenvalue weighted by Crippen LogP contribution is 2.27. The summed E-state index contributed by atoms with van der Waals surface area (Å²) in [6.45, 7) is 1.94. The number of nitrogens with zero attached hydrogens (tertiary/aromatic N) is 2. The average molecular weight is 407 g/mol. The van der Waals surface area contributed by atoms with E-state index in [-0.39, 0.29) is 17.2 Å². The number of nitrogens with one attached hydrogen (secondary N) is 1. The number of thiazole rings is 1. The summed E-state index contributed by atoms with van der Waals surface area (Å²) in [5.41, 5.74) is 1.62. The van der Waals surface area contributed by atoms with E-state index in [0.717, 1.165) is 23.1 Å². The van der Waals surface area contributed by atoms with E-state index in [4.69, 9.17) is 4.74 Å². The zero-order valence-corrected chi connectivity index (χ0v) is 17.0. The van der Waals surface area contributed by atoms with E-state index in [0.29, 0.717) is 10.7 Å². The molecule has 0 unspecified atom stereocenters. The molecule has 0 saturated carbocycles. The maximum absolute atomic E-state index is 13.0. The van der Waals surface area contributed by atoms with Gasteiger partial charge in [-0.25, -0.2) is 4.98 Å². The molecule has 0 aliphatic carbocycles. The maximum Gasteiger partial charge on any atom is 0.271 e. The molecule has 0 fully saturated rings. The van der Waals surface area contributed by atoms with Crippen LogP contribution in [0.15, 0.2) is 59.5 Å². The first-order valence-electron chi connectivity index (χ1n) is 9.40. The van der Waals surface area contributed by atoms with Gasteiger partial charge in [-0.1, -0.05) is 41.7 Å². The van der Waals surface area contributed by atoms with Gasteiger partial charge in [-0.15, -0.1) is 0 Å². The second-order valence-electron chi connectivity index (χ2n) is 6.93. The van der Waals surface area contributed by atoms with Crippen molar-refractivity contribution in [3.63, 3.8) is 0 Å². The van der Waals surface area contributed by atoms with Gasteiger partial charge >= 0.3 is 0 Å². The first-order valence-corrected chi connectivity index (χ1v) is 10.2. The number of ether oxygens (including phenoxy) is 1. The molecule has 1 atom stereocenters. The predicted octanol–water partition coefficient (Wildman–Crippen LogP) is 3.67. The standard InChI is InChI=1S/C22H21N3O3S/c1-14(8-9-15-6-4-3-5-7-15)24-20(26)17-13-23-22-25(21(17)27)18-11-10-16(28-2)12-19(18)29-22/h3-7,10-14H,8-9H2,1-2H3,(H,24,26)/t14-/m1/s1. The number of hydrogen-bond acceptors (Lipinski definition) is 5. The van der Waals surface area contributed by atoms with Crippen LogP contribution in [0, 0.1) is 0 Å². The Bertz CT molecular complexity index is 1230. The van der Waals surface area contributed by atoms with E-state index in [1.54, 1.807) is 13.2 Å². The first-order chi connectivity index (χ1) is 14.1. The van der Waals surface area contributed by atoms with Crippen molar-refractivity contribution in [3.05, 3.63) is 76.2 Å². The van der Waals surface area contributed by atoms with Gasteiger partial charge in [-0.05, 0) is 43.5 Å². The molecular weight excluding hydrogens is 386 g/mol. The summed E-state index contributed by atoms with van der Waals surface area (Å²) in [4.78, 5) is 30.6. The van der Waals surface area contributed by atoms with Crippen molar-refractivity contribution in [1.82, 2.24) is 14.7 Å². The summed E-state index contributed by atoms with van der Waals surface area (Å²) in [5, 5.41) is 2.92. The summed E-state index contributed by atoms with van der Waals surface area (Å²) in [7, 11) is 1.60. The van der Waals surface area contributed by atoms with Gasteiger partial charge in [0.25, 0.3) is 11.5 Å². The van der Waals surface area contributed by atoms with Gasteiger partial charge in [-0.3, -0.25) is 14.0 Å². The number of aryl methyl sites for hydroxylation is 1. The van der Waals surface area contributed by atoms with Crippen LogP contribution in [0.4, 0.5) is 0 Å². The fraction of sp³-hybridized carbons (Fsp3) is 0.227. The number of amides is 1. The topological polar surface area (TPSA) is 72.7 Å². The number of hydrogen-bond donors (Lipinski definition) is 1. The molecule has 0 saturated heterocycles. The lowest BCUT2D eigenvalue weighted by Crippen LogP contribution is -2.37. The van der Waals surface area contributed by atoms with Crippen molar-refractivity contribution in [2.45, 2.75) is 25.8 Å². The molecule has 7 heteroatoms. The molecule has 0 spiro atoms. The highest BCUT2D eigenvalue weighted by atomic mass is 32.1. The Morgan fingerprint density at radius 2 is 2.03 bits per heavy atom. The smallest absolute Gasteiger partial charge is 0.271 e. The van der Waals surface area contributed by atoms with Gasteiger partial charge in [0.1, 0.15) is 11.3 Å². The SMILES string of the molecule is COc1ccc2c(c1)sc1ncc(C(=O)N[C@H](C)CCc3ccccc3)c(=O)n12. The molecule has 4 aromatic rings. The van der Waals surface area contributed by atoms with Crippen molar-refractivity contribution >= 4 is 32.4 Å². The second kappa shape index (κ2) is 8.05. The van der Waals surface area contributed by atoms with Gasteiger partial charge in [-0.2, -0.15) is 0 Å². The first kappa shape index (κ1) is 19.1. The summed E-state index contributed by atoms with van der Waals surface area (Å²) in [5.74, 6) is 0.313. The predicted molar refractivity (Wildman–Crippen MR) is 115 cm³/mol. The molecule has 0 radical (unpaired) electrons. The van der Waals surface area contributed by atoms with E-state index in [1.165, 1.54) is 27.5 Å². The molecule has 0 aliphatic rings. The van der Waals surface area contributed by atoms with E-state index in [1.807, 2.05) is 37.3 Å². The van der Waals surface area contributed by atoms with Crippen LogP contribution in [0.1, 0.15) is 29.3 Å². The molecular formula is C22H21N3O3S. The minimum Gasteiger partial charge on any atom is -0.497 e. The Balaban J connectivity index is 1.56. The van der Waals surface area contributed by atoms with Crippen LogP contribution >= 0.6 is 11.3 Å². The van der Waals surface area contributed by atoms with E-state index < -0.39 is 5.91 Å². The van der Waals surface area contributed by atoms with Crippen molar-refractivity contribution in [3.8, 4) is 5.75 Å². The van der Waals surface area contributed by atoms with Crippen LogP contribution < -0.4 is 15.6 Å². The van der Waals surface area contributed by atoms with Gasteiger partial charge in [0.15, 0.2) is 4.96 Å².